The zero-order chi connectivity index (χ0) is 18.0. The molecule has 2 aromatic rings. The largest absolute Gasteiger partial charge is 0.435 e. The Morgan fingerprint density at radius 1 is 1.24 bits per heavy atom. The molecule has 1 aromatic carbocycles. The molecule has 0 saturated heterocycles. The topological polar surface area (TPSA) is 67.2 Å². The smallest absolute Gasteiger partial charge is 0.396 e. The van der Waals surface area contributed by atoms with E-state index in [0.29, 0.717) is 5.56 Å². The zero-order valence-electron chi connectivity index (χ0n) is 13.3. The van der Waals surface area contributed by atoms with E-state index in [1.165, 1.54) is 10.9 Å². The zero-order valence-corrected chi connectivity index (χ0v) is 13.3. The van der Waals surface area contributed by atoms with E-state index in [0.717, 1.165) is 24.5 Å². The second-order valence-corrected chi connectivity index (χ2v) is 6.28. The van der Waals surface area contributed by atoms with Crippen molar-refractivity contribution >= 4 is 5.91 Å². The lowest BCUT2D eigenvalue weighted by Crippen LogP contribution is -2.45. The number of aromatic nitrogens is 2. The van der Waals surface area contributed by atoms with Crippen molar-refractivity contribution in [2.45, 2.75) is 31.6 Å². The lowest BCUT2D eigenvalue weighted by atomic mass is 9.81. The minimum absolute atomic E-state index is 0.0918. The fourth-order valence-electron chi connectivity index (χ4n) is 2.82. The number of hydrogen-bond acceptors (Lipinski definition) is 3. The van der Waals surface area contributed by atoms with Crippen molar-refractivity contribution < 1.29 is 23.1 Å². The number of halogens is 3. The maximum absolute atomic E-state index is 12.5. The minimum atomic E-state index is -4.45. The molecule has 25 heavy (non-hydrogen) atoms. The average Bonchev–Trinajstić information content (AvgIpc) is 2.99. The number of nitrogens with zero attached hydrogens (tertiary/aromatic N) is 2. The van der Waals surface area contributed by atoms with Crippen molar-refractivity contribution in [2.24, 2.45) is 5.92 Å². The van der Waals surface area contributed by atoms with Crippen molar-refractivity contribution in [1.29, 1.82) is 0 Å². The average molecular weight is 353 g/mol. The first-order chi connectivity index (χ1) is 11.8. The van der Waals surface area contributed by atoms with Crippen molar-refractivity contribution in [3.63, 3.8) is 0 Å². The Morgan fingerprint density at radius 3 is 2.48 bits per heavy atom. The van der Waals surface area contributed by atoms with Gasteiger partial charge >= 0.3 is 6.18 Å². The predicted octanol–water partition coefficient (Wildman–Crippen LogP) is 2.45. The molecule has 1 fully saturated rings. The molecule has 1 aliphatic carbocycles. The van der Waals surface area contributed by atoms with Gasteiger partial charge in [-0.25, -0.2) is 0 Å². The van der Waals surface area contributed by atoms with Crippen molar-refractivity contribution in [3.8, 4) is 0 Å². The first-order valence-electron chi connectivity index (χ1n) is 7.96. The molecule has 0 unspecified atom stereocenters. The molecule has 1 saturated carbocycles. The number of benzene rings is 1. The number of rotatable bonds is 5. The molecule has 0 radical (unpaired) electrons. The van der Waals surface area contributed by atoms with Gasteiger partial charge < -0.3 is 10.4 Å². The Balaban J connectivity index is 1.57. The fourth-order valence-corrected chi connectivity index (χ4v) is 2.82. The number of carbonyl (C=O) groups excluding carboxylic acids is 1. The van der Waals surface area contributed by atoms with Crippen LogP contribution < -0.4 is 5.32 Å². The molecular formula is C17H18F3N3O2. The molecule has 0 atom stereocenters. The van der Waals surface area contributed by atoms with Crippen LogP contribution in [-0.4, -0.2) is 33.4 Å². The molecule has 1 heterocycles. The molecular weight excluding hydrogens is 335 g/mol. The van der Waals surface area contributed by atoms with E-state index in [9.17, 15) is 18.0 Å². The predicted molar refractivity (Wildman–Crippen MR) is 83.8 cm³/mol. The molecule has 1 amide bonds. The van der Waals surface area contributed by atoms with Crippen LogP contribution in [0.1, 0.15) is 34.5 Å². The van der Waals surface area contributed by atoms with Crippen LogP contribution in [0.2, 0.25) is 0 Å². The standard InChI is InChI=1S/C17H18F3N3O2/c18-17(19,20)15-5-6-23(22-15)9-11-1-3-13(4-2-11)16(25)21-14-7-12(8-14)10-24/h1-6,12,14,24H,7-10H2,(H,21,25). The Morgan fingerprint density at radius 2 is 1.92 bits per heavy atom. The highest BCUT2D eigenvalue weighted by Gasteiger charge is 2.33. The molecule has 8 heteroatoms. The number of nitrogens with one attached hydrogen (secondary N) is 1. The molecule has 0 spiro atoms. The molecule has 134 valence electrons. The van der Waals surface area contributed by atoms with E-state index in [4.69, 9.17) is 5.11 Å². The van der Waals surface area contributed by atoms with Gasteiger partial charge in [0.15, 0.2) is 5.69 Å². The monoisotopic (exact) mass is 353 g/mol. The highest BCUT2D eigenvalue weighted by atomic mass is 19.4. The van der Waals surface area contributed by atoms with Crippen LogP contribution in [0, 0.1) is 5.92 Å². The van der Waals surface area contributed by atoms with E-state index in [2.05, 4.69) is 10.4 Å². The van der Waals surface area contributed by atoms with Crippen molar-refractivity contribution in [3.05, 3.63) is 53.3 Å². The van der Waals surface area contributed by atoms with E-state index >= 15 is 0 Å². The molecule has 3 rings (SSSR count). The summed E-state index contributed by atoms with van der Waals surface area (Å²) >= 11 is 0. The first-order valence-corrected chi connectivity index (χ1v) is 7.96. The maximum atomic E-state index is 12.5. The third-order valence-electron chi connectivity index (χ3n) is 4.32. The van der Waals surface area contributed by atoms with Gasteiger partial charge in [-0.2, -0.15) is 18.3 Å². The SMILES string of the molecule is O=C(NC1CC(CO)C1)c1ccc(Cn2ccc(C(F)(F)F)n2)cc1. The molecule has 0 bridgehead atoms. The Bertz CT molecular complexity index is 734. The van der Waals surface area contributed by atoms with E-state index in [-0.39, 0.29) is 31.0 Å². The van der Waals surface area contributed by atoms with Gasteiger partial charge in [0.25, 0.3) is 5.91 Å². The summed E-state index contributed by atoms with van der Waals surface area (Å²) in [4.78, 5) is 12.1. The Labute approximate surface area is 142 Å². The van der Waals surface area contributed by atoms with Crippen LogP contribution in [0.25, 0.3) is 0 Å². The van der Waals surface area contributed by atoms with Gasteiger partial charge in [0.2, 0.25) is 0 Å². The Kier molecular flexibility index (Phi) is 4.80. The van der Waals surface area contributed by atoms with Crippen LogP contribution in [0.5, 0.6) is 0 Å². The summed E-state index contributed by atoms with van der Waals surface area (Å²) in [5.41, 5.74) is 0.315. The van der Waals surface area contributed by atoms with E-state index in [1.807, 2.05) is 0 Å². The number of aliphatic hydroxyl groups is 1. The van der Waals surface area contributed by atoms with Gasteiger partial charge in [-0.3, -0.25) is 9.48 Å². The van der Waals surface area contributed by atoms with Crippen molar-refractivity contribution in [2.75, 3.05) is 6.61 Å². The fraction of sp³-hybridized carbons (Fsp3) is 0.412. The van der Waals surface area contributed by atoms with E-state index < -0.39 is 11.9 Å². The summed E-state index contributed by atoms with van der Waals surface area (Å²) in [5, 5.41) is 15.4. The van der Waals surface area contributed by atoms with Gasteiger partial charge in [-0.1, -0.05) is 12.1 Å². The highest BCUT2D eigenvalue weighted by Crippen LogP contribution is 2.28. The van der Waals surface area contributed by atoms with Crippen LogP contribution in [0.4, 0.5) is 13.2 Å². The number of carbonyl (C=O) groups is 1. The third-order valence-corrected chi connectivity index (χ3v) is 4.32. The third kappa shape index (κ3) is 4.19. The highest BCUT2D eigenvalue weighted by molar-refractivity contribution is 5.94. The first kappa shape index (κ1) is 17.5. The number of hydrogen-bond donors (Lipinski definition) is 2. The van der Waals surface area contributed by atoms with Gasteiger partial charge in [-0.05, 0) is 42.5 Å². The Hall–Kier alpha value is -2.35. The number of amides is 1. The molecule has 5 nitrogen and oxygen atoms in total. The second-order valence-electron chi connectivity index (χ2n) is 6.28. The summed E-state index contributed by atoms with van der Waals surface area (Å²) in [6, 6.07) is 7.69. The van der Waals surface area contributed by atoms with Gasteiger partial charge in [-0.15, -0.1) is 0 Å². The molecule has 0 aliphatic heterocycles. The van der Waals surface area contributed by atoms with Gasteiger partial charge in [0.1, 0.15) is 0 Å². The van der Waals surface area contributed by atoms with Crippen LogP contribution in [0.3, 0.4) is 0 Å². The van der Waals surface area contributed by atoms with Crippen molar-refractivity contribution in [1.82, 2.24) is 15.1 Å². The van der Waals surface area contributed by atoms with Crippen LogP contribution in [0.15, 0.2) is 36.5 Å². The summed E-state index contributed by atoms with van der Waals surface area (Å²) in [7, 11) is 0. The number of aliphatic hydroxyl groups excluding tert-OH is 1. The number of alkyl halides is 3. The van der Waals surface area contributed by atoms with E-state index in [1.54, 1.807) is 24.3 Å². The maximum Gasteiger partial charge on any atom is 0.435 e. The van der Waals surface area contributed by atoms with Gasteiger partial charge in [0.05, 0.1) is 6.54 Å². The van der Waals surface area contributed by atoms with Crippen LogP contribution >= 0.6 is 0 Å². The summed E-state index contributed by atoms with van der Waals surface area (Å²) in [5.74, 6) is 0.0784. The summed E-state index contributed by atoms with van der Waals surface area (Å²) < 4.78 is 38.8. The minimum Gasteiger partial charge on any atom is -0.396 e. The quantitative estimate of drug-likeness (QED) is 0.868. The molecule has 1 aromatic heterocycles. The van der Waals surface area contributed by atoms with Crippen LogP contribution in [-0.2, 0) is 12.7 Å². The summed E-state index contributed by atoms with van der Waals surface area (Å²) in [6.45, 7) is 0.337. The summed E-state index contributed by atoms with van der Waals surface area (Å²) in [6.07, 6.45) is -1.62. The normalized spacial score (nSPS) is 20.2. The lowest BCUT2D eigenvalue weighted by Gasteiger charge is -2.34. The lowest BCUT2D eigenvalue weighted by molar-refractivity contribution is -0.141. The van der Waals surface area contributed by atoms with Gasteiger partial charge in [0, 0.05) is 24.4 Å². The second kappa shape index (κ2) is 6.87. The molecule has 1 aliphatic rings. The molecule has 2 N–H and O–H groups in total.